The van der Waals surface area contributed by atoms with Crippen molar-refractivity contribution < 1.29 is 4.74 Å². The first-order valence-electron chi connectivity index (χ1n) is 6.22. The highest BCUT2D eigenvalue weighted by Gasteiger charge is 2.16. The Hall–Kier alpha value is -1.87. The molecule has 18 heavy (non-hydrogen) atoms. The standard InChI is InChI=1S/C13H18N4O/c1-10-5-7-17(8-6-10)11-3-4-12(15-16-14)13(9-11)18-2/h3-4,9-10H,5-8H2,1-2H3. The molecule has 0 atom stereocenters. The quantitative estimate of drug-likeness (QED) is 0.461. The van der Waals surface area contributed by atoms with Crippen LogP contribution in [0.2, 0.25) is 0 Å². The van der Waals surface area contributed by atoms with E-state index in [1.54, 1.807) is 7.11 Å². The Morgan fingerprint density at radius 2 is 2.11 bits per heavy atom. The van der Waals surface area contributed by atoms with Gasteiger partial charge in [0.05, 0.1) is 12.8 Å². The molecule has 0 spiro atoms. The number of rotatable bonds is 3. The van der Waals surface area contributed by atoms with Gasteiger partial charge >= 0.3 is 0 Å². The Bertz CT molecular complexity index is 460. The topological polar surface area (TPSA) is 61.2 Å². The molecular weight excluding hydrogens is 228 g/mol. The second-order valence-electron chi connectivity index (χ2n) is 4.72. The maximum Gasteiger partial charge on any atom is 0.130 e. The summed E-state index contributed by atoms with van der Waals surface area (Å²) >= 11 is 0. The van der Waals surface area contributed by atoms with E-state index in [2.05, 4.69) is 21.8 Å². The molecule has 5 nitrogen and oxygen atoms in total. The molecule has 1 aliphatic rings. The van der Waals surface area contributed by atoms with Gasteiger partial charge in [-0.1, -0.05) is 12.0 Å². The van der Waals surface area contributed by atoms with Crippen LogP contribution in [0, 0.1) is 5.92 Å². The van der Waals surface area contributed by atoms with E-state index in [-0.39, 0.29) is 0 Å². The van der Waals surface area contributed by atoms with Crippen LogP contribution in [-0.2, 0) is 0 Å². The van der Waals surface area contributed by atoms with E-state index in [9.17, 15) is 0 Å². The molecule has 0 amide bonds. The summed E-state index contributed by atoms with van der Waals surface area (Å²) in [5.41, 5.74) is 10.2. The number of azide groups is 1. The van der Waals surface area contributed by atoms with Gasteiger partial charge in [-0.05, 0) is 36.4 Å². The van der Waals surface area contributed by atoms with Crippen LogP contribution in [0.3, 0.4) is 0 Å². The maximum atomic E-state index is 8.48. The normalized spacial score (nSPS) is 16.2. The lowest BCUT2D eigenvalue weighted by atomic mass is 9.99. The van der Waals surface area contributed by atoms with E-state index in [1.165, 1.54) is 12.8 Å². The summed E-state index contributed by atoms with van der Waals surface area (Å²) in [6.07, 6.45) is 2.45. The highest BCUT2D eigenvalue weighted by Crippen LogP contribution is 2.33. The van der Waals surface area contributed by atoms with Gasteiger partial charge in [0.1, 0.15) is 5.75 Å². The maximum absolute atomic E-state index is 8.48. The van der Waals surface area contributed by atoms with Crippen molar-refractivity contribution in [3.63, 3.8) is 0 Å². The van der Waals surface area contributed by atoms with Crippen LogP contribution in [-0.4, -0.2) is 20.2 Å². The van der Waals surface area contributed by atoms with Crippen molar-refractivity contribution >= 4 is 11.4 Å². The summed E-state index contributed by atoms with van der Waals surface area (Å²) < 4.78 is 5.26. The van der Waals surface area contributed by atoms with Crippen LogP contribution in [0.25, 0.3) is 10.4 Å². The smallest absolute Gasteiger partial charge is 0.130 e. The summed E-state index contributed by atoms with van der Waals surface area (Å²) in [6, 6.07) is 5.74. The predicted molar refractivity (Wildman–Crippen MR) is 72.4 cm³/mol. The Labute approximate surface area is 107 Å². The van der Waals surface area contributed by atoms with Crippen molar-refractivity contribution in [2.45, 2.75) is 19.8 Å². The molecule has 1 aromatic carbocycles. The van der Waals surface area contributed by atoms with Crippen molar-refractivity contribution in [3.8, 4) is 5.75 Å². The van der Waals surface area contributed by atoms with Gasteiger partial charge in [0, 0.05) is 29.8 Å². The minimum Gasteiger partial charge on any atom is -0.496 e. The molecule has 1 aliphatic heterocycles. The zero-order valence-corrected chi connectivity index (χ0v) is 10.8. The molecule has 0 unspecified atom stereocenters. The first-order valence-corrected chi connectivity index (χ1v) is 6.22. The molecule has 0 bridgehead atoms. The summed E-state index contributed by atoms with van der Waals surface area (Å²) in [5, 5.41) is 3.61. The number of nitrogens with zero attached hydrogens (tertiary/aromatic N) is 4. The minimum absolute atomic E-state index is 0.536. The third-order valence-corrected chi connectivity index (χ3v) is 3.46. The third-order valence-electron chi connectivity index (χ3n) is 3.46. The number of hydrogen-bond donors (Lipinski definition) is 0. The van der Waals surface area contributed by atoms with Gasteiger partial charge in [-0.25, -0.2) is 0 Å². The molecule has 0 saturated carbocycles. The average molecular weight is 246 g/mol. The number of hydrogen-bond acceptors (Lipinski definition) is 3. The van der Waals surface area contributed by atoms with Gasteiger partial charge in [0.25, 0.3) is 0 Å². The molecule has 1 saturated heterocycles. The second kappa shape index (κ2) is 5.65. The number of benzene rings is 1. The second-order valence-corrected chi connectivity index (χ2v) is 4.72. The van der Waals surface area contributed by atoms with Crippen LogP contribution >= 0.6 is 0 Å². The lowest BCUT2D eigenvalue weighted by molar-refractivity contribution is 0.414. The van der Waals surface area contributed by atoms with Crippen molar-refractivity contribution in [2.24, 2.45) is 11.0 Å². The summed E-state index contributed by atoms with van der Waals surface area (Å²) in [7, 11) is 1.59. The third kappa shape index (κ3) is 2.68. The van der Waals surface area contributed by atoms with Gasteiger partial charge in [0.15, 0.2) is 0 Å². The molecule has 1 heterocycles. The molecule has 0 N–H and O–H groups in total. The van der Waals surface area contributed by atoms with Gasteiger partial charge < -0.3 is 9.64 Å². The van der Waals surface area contributed by atoms with E-state index in [1.807, 2.05) is 18.2 Å². The number of methoxy groups -OCH3 is 1. The number of piperidine rings is 1. The van der Waals surface area contributed by atoms with Gasteiger partial charge in [0.2, 0.25) is 0 Å². The van der Waals surface area contributed by atoms with Crippen molar-refractivity contribution in [3.05, 3.63) is 28.6 Å². The van der Waals surface area contributed by atoms with Crippen LogP contribution in [0.1, 0.15) is 19.8 Å². The predicted octanol–water partition coefficient (Wildman–Crippen LogP) is 3.87. The SMILES string of the molecule is COc1cc(N2CCC(C)CC2)ccc1N=[N+]=[N-]. The van der Waals surface area contributed by atoms with Crippen molar-refractivity contribution in [1.29, 1.82) is 0 Å². The first kappa shape index (κ1) is 12.6. The summed E-state index contributed by atoms with van der Waals surface area (Å²) in [5.74, 6) is 1.44. The Morgan fingerprint density at radius 1 is 1.39 bits per heavy atom. The molecule has 0 aromatic heterocycles. The molecule has 1 aromatic rings. The van der Waals surface area contributed by atoms with Gasteiger partial charge in [-0.15, -0.1) is 0 Å². The van der Waals surface area contributed by atoms with Crippen LogP contribution in [0.4, 0.5) is 11.4 Å². The fourth-order valence-electron chi connectivity index (χ4n) is 2.26. The zero-order valence-electron chi connectivity index (χ0n) is 10.8. The molecule has 0 aliphatic carbocycles. The van der Waals surface area contributed by atoms with E-state index in [0.29, 0.717) is 11.4 Å². The Morgan fingerprint density at radius 3 is 2.72 bits per heavy atom. The average Bonchev–Trinajstić information content (AvgIpc) is 2.40. The zero-order chi connectivity index (χ0) is 13.0. The first-order chi connectivity index (χ1) is 8.74. The Balaban J connectivity index is 2.21. The fourth-order valence-corrected chi connectivity index (χ4v) is 2.26. The van der Waals surface area contributed by atoms with Crippen molar-refractivity contribution in [1.82, 2.24) is 0 Å². The van der Waals surface area contributed by atoms with Crippen LogP contribution < -0.4 is 9.64 Å². The molecule has 1 fully saturated rings. The largest absolute Gasteiger partial charge is 0.496 e. The van der Waals surface area contributed by atoms with Crippen LogP contribution in [0.5, 0.6) is 5.75 Å². The molecule has 0 radical (unpaired) electrons. The van der Waals surface area contributed by atoms with Gasteiger partial charge in [-0.3, -0.25) is 0 Å². The Kier molecular flexibility index (Phi) is 3.95. The van der Waals surface area contributed by atoms with E-state index >= 15 is 0 Å². The van der Waals surface area contributed by atoms with E-state index < -0.39 is 0 Å². The summed E-state index contributed by atoms with van der Waals surface area (Å²) in [6.45, 7) is 4.44. The van der Waals surface area contributed by atoms with E-state index in [0.717, 1.165) is 24.7 Å². The minimum atomic E-state index is 0.536. The molecule has 5 heteroatoms. The number of ether oxygens (including phenoxy) is 1. The molecule has 96 valence electrons. The van der Waals surface area contributed by atoms with Gasteiger partial charge in [-0.2, -0.15) is 0 Å². The van der Waals surface area contributed by atoms with Crippen LogP contribution in [0.15, 0.2) is 23.3 Å². The highest BCUT2D eigenvalue weighted by molar-refractivity contribution is 5.62. The summed E-state index contributed by atoms with van der Waals surface area (Å²) in [4.78, 5) is 5.15. The lowest BCUT2D eigenvalue weighted by Crippen LogP contribution is -2.32. The molecule has 2 rings (SSSR count). The monoisotopic (exact) mass is 246 g/mol. The van der Waals surface area contributed by atoms with E-state index in [4.69, 9.17) is 10.3 Å². The number of anilines is 1. The highest BCUT2D eigenvalue weighted by atomic mass is 16.5. The molecular formula is C13H18N4O. The van der Waals surface area contributed by atoms with Crippen molar-refractivity contribution in [2.75, 3.05) is 25.1 Å². The lowest BCUT2D eigenvalue weighted by Gasteiger charge is -2.32. The fraction of sp³-hybridized carbons (Fsp3) is 0.538.